The molecular formula is C14H18ClNO. The maximum absolute atomic E-state index is 12.0. The van der Waals surface area contributed by atoms with E-state index < -0.39 is 0 Å². The number of nitrogens with zero attached hydrogens (tertiary/aromatic N) is 1. The van der Waals surface area contributed by atoms with Crippen LogP contribution in [0.5, 0.6) is 0 Å². The van der Waals surface area contributed by atoms with Crippen LogP contribution in [0.15, 0.2) is 24.3 Å². The van der Waals surface area contributed by atoms with E-state index in [1.54, 1.807) is 12.1 Å². The summed E-state index contributed by atoms with van der Waals surface area (Å²) in [5.74, 6) is 1.76. The third-order valence-corrected chi connectivity index (χ3v) is 3.62. The number of likely N-dealkylation sites (N-methyl/N-ethyl adjacent to an activating group) is 1. The molecule has 0 spiro atoms. The lowest BCUT2D eigenvalue weighted by molar-refractivity contribution is 0.0943. The van der Waals surface area contributed by atoms with E-state index in [0.29, 0.717) is 17.1 Å². The second kappa shape index (κ2) is 5.19. The molecule has 0 saturated heterocycles. The van der Waals surface area contributed by atoms with Crippen molar-refractivity contribution in [2.24, 2.45) is 11.8 Å². The van der Waals surface area contributed by atoms with Crippen molar-refractivity contribution in [3.8, 4) is 0 Å². The van der Waals surface area contributed by atoms with Gasteiger partial charge in [-0.15, -0.1) is 0 Å². The van der Waals surface area contributed by atoms with Gasteiger partial charge >= 0.3 is 0 Å². The third kappa shape index (κ3) is 3.55. The molecule has 1 aliphatic rings. The summed E-state index contributed by atoms with van der Waals surface area (Å²) in [7, 11) is 2.01. The maximum atomic E-state index is 12.0. The number of benzene rings is 1. The molecule has 2 rings (SSSR count). The number of hydrogen-bond donors (Lipinski definition) is 0. The van der Waals surface area contributed by atoms with Gasteiger partial charge < -0.3 is 0 Å². The molecule has 2 atom stereocenters. The van der Waals surface area contributed by atoms with Gasteiger partial charge in [0.05, 0.1) is 6.54 Å². The summed E-state index contributed by atoms with van der Waals surface area (Å²) in [6.07, 6.45) is 1.30. The number of ketones is 1. The van der Waals surface area contributed by atoms with Gasteiger partial charge in [0.2, 0.25) is 0 Å². The Labute approximate surface area is 108 Å². The van der Waals surface area contributed by atoms with E-state index in [4.69, 9.17) is 11.6 Å². The average molecular weight is 252 g/mol. The minimum Gasteiger partial charge on any atom is -0.299 e. The van der Waals surface area contributed by atoms with E-state index >= 15 is 0 Å². The number of hydrogen-bond acceptors (Lipinski definition) is 2. The monoisotopic (exact) mass is 251 g/mol. The van der Waals surface area contributed by atoms with Crippen molar-refractivity contribution in [3.63, 3.8) is 0 Å². The Morgan fingerprint density at radius 2 is 2.24 bits per heavy atom. The highest BCUT2D eigenvalue weighted by Gasteiger charge is 2.33. The molecule has 1 aliphatic carbocycles. The molecule has 2 unspecified atom stereocenters. The van der Waals surface area contributed by atoms with E-state index in [-0.39, 0.29) is 5.78 Å². The quantitative estimate of drug-likeness (QED) is 0.750. The van der Waals surface area contributed by atoms with E-state index in [2.05, 4.69) is 11.8 Å². The summed E-state index contributed by atoms with van der Waals surface area (Å²) in [6, 6.07) is 7.16. The molecule has 0 heterocycles. The van der Waals surface area contributed by atoms with Gasteiger partial charge in [0.15, 0.2) is 5.78 Å². The van der Waals surface area contributed by atoms with Gasteiger partial charge in [-0.1, -0.05) is 30.7 Å². The molecule has 17 heavy (non-hydrogen) atoms. The van der Waals surface area contributed by atoms with E-state index in [1.807, 2.05) is 19.2 Å². The molecule has 1 aromatic carbocycles. The van der Waals surface area contributed by atoms with Crippen LogP contribution in [0.4, 0.5) is 0 Å². The lowest BCUT2D eigenvalue weighted by Gasteiger charge is -2.15. The van der Waals surface area contributed by atoms with Crippen LogP contribution in [0, 0.1) is 11.8 Å². The molecule has 1 aromatic rings. The first-order valence-electron chi connectivity index (χ1n) is 6.03. The number of Topliss-reactive ketones (excluding diaryl/α,β-unsaturated/α-hetero) is 1. The van der Waals surface area contributed by atoms with Crippen LogP contribution in [-0.2, 0) is 0 Å². The molecule has 0 bridgehead atoms. The van der Waals surface area contributed by atoms with E-state index in [0.717, 1.165) is 18.4 Å². The summed E-state index contributed by atoms with van der Waals surface area (Å²) >= 11 is 5.87. The number of carbonyl (C=O) groups is 1. The molecule has 0 aromatic heterocycles. The van der Waals surface area contributed by atoms with Crippen molar-refractivity contribution in [1.29, 1.82) is 0 Å². The van der Waals surface area contributed by atoms with Crippen LogP contribution in [-0.4, -0.2) is 30.8 Å². The predicted octanol–water partition coefficient (Wildman–Crippen LogP) is 3.11. The molecule has 0 N–H and O–H groups in total. The van der Waals surface area contributed by atoms with Crippen LogP contribution < -0.4 is 0 Å². The SMILES string of the molecule is CC1CC1CN(C)CC(=O)c1cccc(Cl)c1. The van der Waals surface area contributed by atoms with Crippen molar-refractivity contribution in [1.82, 2.24) is 4.90 Å². The van der Waals surface area contributed by atoms with Crippen molar-refractivity contribution < 1.29 is 4.79 Å². The van der Waals surface area contributed by atoms with Crippen molar-refractivity contribution in [3.05, 3.63) is 34.9 Å². The Balaban J connectivity index is 1.88. The van der Waals surface area contributed by atoms with Crippen LogP contribution in [0.2, 0.25) is 5.02 Å². The van der Waals surface area contributed by atoms with Crippen LogP contribution in [0.25, 0.3) is 0 Å². The summed E-state index contributed by atoms with van der Waals surface area (Å²) in [6.45, 7) is 3.76. The van der Waals surface area contributed by atoms with E-state index in [9.17, 15) is 4.79 Å². The third-order valence-electron chi connectivity index (χ3n) is 3.38. The van der Waals surface area contributed by atoms with Crippen LogP contribution in [0.3, 0.4) is 0 Å². The fraction of sp³-hybridized carbons (Fsp3) is 0.500. The minimum atomic E-state index is 0.142. The molecule has 0 radical (unpaired) electrons. The van der Waals surface area contributed by atoms with Gasteiger partial charge in [0.25, 0.3) is 0 Å². The lowest BCUT2D eigenvalue weighted by Crippen LogP contribution is -2.28. The van der Waals surface area contributed by atoms with Gasteiger partial charge in [-0.25, -0.2) is 0 Å². The molecule has 0 amide bonds. The molecule has 92 valence electrons. The van der Waals surface area contributed by atoms with Crippen molar-refractivity contribution in [2.45, 2.75) is 13.3 Å². The zero-order valence-electron chi connectivity index (χ0n) is 10.3. The first-order valence-corrected chi connectivity index (χ1v) is 6.41. The van der Waals surface area contributed by atoms with Crippen molar-refractivity contribution >= 4 is 17.4 Å². The fourth-order valence-electron chi connectivity index (χ4n) is 2.12. The topological polar surface area (TPSA) is 20.3 Å². The summed E-state index contributed by atoms with van der Waals surface area (Å²) in [5, 5.41) is 0.620. The highest BCUT2D eigenvalue weighted by Crippen LogP contribution is 2.37. The maximum Gasteiger partial charge on any atom is 0.176 e. The number of carbonyl (C=O) groups excluding carboxylic acids is 1. The Bertz CT molecular complexity index is 418. The lowest BCUT2D eigenvalue weighted by atomic mass is 10.1. The molecule has 3 heteroatoms. The molecule has 1 saturated carbocycles. The normalized spacial score (nSPS) is 22.8. The van der Waals surface area contributed by atoms with Gasteiger partial charge in [-0.2, -0.15) is 0 Å². The minimum absolute atomic E-state index is 0.142. The fourth-order valence-corrected chi connectivity index (χ4v) is 2.31. The van der Waals surface area contributed by atoms with E-state index in [1.165, 1.54) is 6.42 Å². The summed E-state index contributed by atoms with van der Waals surface area (Å²) in [5.41, 5.74) is 0.702. The Morgan fingerprint density at radius 1 is 1.53 bits per heavy atom. The predicted molar refractivity (Wildman–Crippen MR) is 70.6 cm³/mol. The first kappa shape index (κ1) is 12.6. The molecule has 1 fully saturated rings. The standard InChI is InChI=1S/C14H18ClNO/c1-10-6-12(10)8-16(2)9-14(17)11-4-3-5-13(15)7-11/h3-5,7,10,12H,6,8-9H2,1-2H3. The Kier molecular flexibility index (Phi) is 3.85. The van der Waals surface area contributed by atoms with Gasteiger partial charge in [0, 0.05) is 17.1 Å². The largest absolute Gasteiger partial charge is 0.299 e. The van der Waals surface area contributed by atoms with Crippen molar-refractivity contribution in [2.75, 3.05) is 20.1 Å². The molecule has 2 nitrogen and oxygen atoms in total. The zero-order chi connectivity index (χ0) is 12.4. The summed E-state index contributed by atoms with van der Waals surface area (Å²) < 4.78 is 0. The Morgan fingerprint density at radius 3 is 2.82 bits per heavy atom. The number of rotatable bonds is 5. The second-order valence-electron chi connectivity index (χ2n) is 5.10. The second-order valence-corrected chi connectivity index (χ2v) is 5.54. The van der Waals surface area contributed by atoms with Gasteiger partial charge in [-0.3, -0.25) is 9.69 Å². The first-order chi connectivity index (χ1) is 8.06. The average Bonchev–Trinajstić information content (AvgIpc) is 2.93. The highest BCUT2D eigenvalue weighted by molar-refractivity contribution is 6.31. The van der Waals surface area contributed by atoms with Crippen LogP contribution in [0.1, 0.15) is 23.7 Å². The zero-order valence-corrected chi connectivity index (χ0v) is 11.1. The van der Waals surface area contributed by atoms with Crippen LogP contribution >= 0.6 is 11.6 Å². The Hall–Kier alpha value is -0.860. The van der Waals surface area contributed by atoms with Gasteiger partial charge in [0.1, 0.15) is 0 Å². The molecule has 0 aliphatic heterocycles. The summed E-state index contributed by atoms with van der Waals surface area (Å²) in [4.78, 5) is 14.1. The highest BCUT2D eigenvalue weighted by atomic mass is 35.5. The molecular weight excluding hydrogens is 234 g/mol. The van der Waals surface area contributed by atoms with Gasteiger partial charge in [-0.05, 0) is 37.4 Å². The number of halogens is 1. The smallest absolute Gasteiger partial charge is 0.176 e.